The second-order valence-electron chi connectivity index (χ2n) is 4.44. The number of aryl methyl sites for hydroxylation is 1. The highest BCUT2D eigenvalue weighted by Crippen LogP contribution is 2.27. The number of rotatable bonds is 1. The van der Waals surface area contributed by atoms with Gasteiger partial charge in [-0.15, -0.1) is 0 Å². The lowest BCUT2D eigenvalue weighted by Gasteiger charge is -2.16. The van der Waals surface area contributed by atoms with Crippen LogP contribution in [0.25, 0.3) is 0 Å². The summed E-state index contributed by atoms with van der Waals surface area (Å²) in [6.45, 7) is 8.08. The zero-order valence-electron chi connectivity index (χ0n) is 8.93. The summed E-state index contributed by atoms with van der Waals surface area (Å²) in [6, 6.07) is 2.42. The van der Waals surface area contributed by atoms with Crippen molar-refractivity contribution in [1.29, 1.82) is 0 Å². The van der Waals surface area contributed by atoms with E-state index in [1.54, 1.807) is 11.3 Å². The molecule has 0 bridgehead atoms. The van der Waals surface area contributed by atoms with E-state index in [-0.39, 0.29) is 0 Å². The van der Waals surface area contributed by atoms with E-state index in [0.29, 0.717) is 5.92 Å². The molecule has 0 aliphatic carbocycles. The van der Waals surface area contributed by atoms with Gasteiger partial charge in [0, 0.05) is 17.9 Å². The Morgan fingerprint density at radius 1 is 1.31 bits per heavy atom. The maximum Gasteiger partial charge on any atom is 0.0225 e. The summed E-state index contributed by atoms with van der Waals surface area (Å²) in [5, 5.41) is 0. The quantitative estimate of drug-likeness (QED) is 0.620. The molecule has 1 aliphatic rings. The molecule has 1 aliphatic heterocycles. The standard InChI is InChI=1S/C12H19N/c1-9(2)12-8-11-6-4-5-7-13(11)10(12)3/h8-9H,4-7H2,1-3H3. The summed E-state index contributed by atoms with van der Waals surface area (Å²) in [4.78, 5) is 0. The molecule has 1 aromatic heterocycles. The lowest BCUT2D eigenvalue weighted by molar-refractivity contribution is 0.523. The summed E-state index contributed by atoms with van der Waals surface area (Å²) in [7, 11) is 0. The fourth-order valence-corrected chi connectivity index (χ4v) is 2.41. The van der Waals surface area contributed by atoms with Crippen LogP contribution in [-0.4, -0.2) is 4.57 Å². The number of hydrogen-bond acceptors (Lipinski definition) is 0. The lowest BCUT2D eigenvalue weighted by atomic mass is 10.0. The van der Waals surface area contributed by atoms with E-state index >= 15 is 0 Å². The van der Waals surface area contributed by atoms with Crippen molar-refractivity contribution < 1.29 is 0 Å². The molecule has 1 nitrogen and oxygen atoms in total. The van der Waals surface area contributed by atoms with E-state index in [1.165, 1.54) is 31.5 Å². The van der Waals surface area contributed by atoms with Crippen LogP contribution in [0.4, 0.5) is 0 Å². The Labute approximate surface area is 80.8 Å². The maximum atomic E-state index is 2.51. The first-order chi connectivity index (χ1) is 6.20. The monoisotopic (exact) mass is 177 g/mol. The molecular weight excluding hydrogens is 158 g/mol. The average Bonchev–Trinajstić information content (AvgIpc) is 2.45. The van der Waals surface area contributed by atoms with Crippen LogP contribution in [0.5, 0.6) is 0 Å². The van der Waals surface area contributed by atoms with Crippen LogP contribution in [0.2, 0.25) is 0 Å². The third-order valence-corrected chi connectivity index (χ3v) is 3.18. The van der Waals surface area contributed by atoms with Crippen molar-refractivity contribution in [3.63, 3.8) is 0 Å². The van der Waals surface area contributed by atoms with Gasteiger partial charge >= 0.3 is 0 Å². The SMILES string of the molecule is Cc1c(C(C)C)cc2n1CCCC2. The van der Waals surface area contributed by atoms with Crippen LogP contribution in [0.15, 0.2) is 6.07 Å². The Bertz CT molecular complexity index is 307. The molecule has 0 fully saturated rings. The number of hydrogen-bond donors (Lipinski definition) is 0. The van der Waals surface area contributed by atoms with E-state index in [0.717, 1.165) is 0 Å². The molecule has 0 saturated carbocycles. The smallest absolute Gasteiger partial charge is 0.0225 e. The Balaban J connectivity index is 2.44. The van der Waals surface area contributed by atoms with Crippen molar-refractivity contribution >= 4 is 0 Å². The van der Waals surface area contributed by atoms with Crippen molar-refractivity contribution in [3.05, 3.63) is 23.0 Å². The van der Waals surface area contributed by atoms with Crippen molar-refractivity contribution in [2.24, 2.45) is 0 Å². The normalized spacial score (nSPS) is 16.3. The van der Waals surface area contributed by atoms with E-state index in [1.807, 2.05) is 0 Å². The van der Waals surface area contributed by atoms with Crippen molar-refractivity contribution in [2.45, 2.75) is 52.5 Å². The van der Waals surface area contributed by atoms with E-state index in [2.05, 4.69) is 31.4 Å². The van der Waals surface area contributed by atoms with Crippen LogP contribution in [0.3, 0.4) is 0 Å². The summed E-state index contributed by atoms with van der Waals surface area (Å²) in [5.41, 5.74) is 4.62. The van der Waals surface area contributed by atoms with Crippen molar-refractivity contribution in [2.75, 3.05) is 0 Å². The largest absolute Gasteiger partial charge is 0.349 e. The number of nitrogens with zero attached hydrogens (tertiary/aromatic N) is 1. The van der Waals surface area contributed by atoms with Gasteiger partial charge in [-0.05, 0) is 43.7 Å². The number of aromatic nitrogens is 1. The van der Waals surface area contributed by atoms with Gasteiger partial charge in [-0.1, -0.05) is 13.8 Å². The third-order valence-electron chi connectivity index (χ3n) is 3.18. The lowest BCUT2D eigenvalue weighted by Crippen LogP contribution is -2.10. The molecule has 0 saturated heterocycles. The Hall–Kier alpha value is -0.720. The molecule has 0 unspecified atom stereocenters. The first-order valence-electron chi connectivity index (χ1n) is 5.39. The molecule has 0 N–H and O–H groups in total. The van der Waals surface area contributed by atoms with Gasteiger partial charge in [-0.2, -0.15) is 0 Å². The third kappa shape index (κ3) is 1.41. The van der Waals surface area contributed by atoms with E-state index < -0.39 is 0 Å². The van der Waals surface area contributed by atoms with Crippen LogP contribution in [-0.2, 0) is 13.0 Å². The van der Waals surface area contributed by atoms with Gasteiger partial charge in [0.2, 0.25) is 0 Å². The Kier molecular flexibility index (Phi) is 2.19. The predicted octanol–water partition coefficient (Wildman–Crippen LogP) is 3.26. The first-order valence-corrected chi connectivity index (χ1v) is 5.39. The van der Waals surface area contributed by atoms with Gasteiger partial charge in [-0.3, -0.25) is 0 Å². The minimum absolute atomic E-state index is 0.679. The van der Waals surface area contributed by atoms with Gasteiger partial charge < -0.3 is 4.57 Å². The second kappa shape index (κ2) is 3.21. The van der Waals surface area contributed by atoms with Crippen LogP contribution in [0.1, 0.15) is 49.6 Å². The summed E-state index contributed by atoms with van der Waals surface area (Å²) < 4.78 is 2.51. The highest BCUT2D eigenvalue weighted by Gasteiger charge is 2.15. The van der Waals surface area contributed by atoms with Gasteiger partial charge in [0.1, 0.15) is 0 Å². The van der Waals surface area contributed by atoms with Gasteiger partial charge in [0.05, 0.1) is 0 Å². The summed E-state index contributed by atoms with van der Waals surface area (Å²) in [5.74, 6) is 0.679. The maximum absolute atomic E-state index is 2.51. The second-order valence-corrected chi connectivity index (χ2v) is 4.44. The molecule has 1 aromatic rings. The van der Waals surface area contributed by atoms with Crippen LogP contribution in [0, 0.1) is 6.92 Å². The minimum Gasteiger partial charge on any atom is -0.349 e. The molecule has 0 spiro atoms. The predicted molar refractivity (Wildman–Crippen MR) is 56.2 cm³/mol. The molecule has 1 heteroatoms. The Morgan fingerprint density at radius 3 is 2.69 bits per heavy atom. The number of fused-ring (bicyclic) bond motifs is 1. The highest BCUT2D eigenvalue weighted by atomic mass is 15.0. The average molecular weight is 177 g/mol. The molecule has 0 radical (unpaired) electrons. The van der Waals surface area contributed by atoms with Crippen molar-refractivity contribution in [3.8, 4) is 0 Å². The minimum atomic E-state index is 0.679. The molecule has 2 heterocycles. The highest BCUT2D eigenvalue weighted by molar-refractivity contribution is 5.30. The fourth-order valence-electron chi connectivity index (χ4n) is 2.41. The fraction of sp³-hybridized carbons (Fsp3) is 0.667. The van der Waals surface area contributed by atoms with Crippen molar-refractivity contribution in [1.82, 2.24) is 4.57 Å². The molecule has 0 atom stereocenters. The van der Waals surface area contributed by atoms with Crippen LogP contribution < -0.4 is 0 Å². The van der Waals surface area contributed by atoms with E-state index in [9.17, 15) is 0 Å². The molecule has 2 rings (SSSR count). The Morgan fingerprint density at radius 2 is 2.08 bits per heavy atom. The molecule has 72 valence electrons. The molecule has 0 amide bonds. The molecular formula is C12H19N. The van der Waals surface area contributed by atoms with Gasteiger partial charge in [-0.25, -0.2) is 0 Å². The van der Waals surface area contributed by atoms with Gasteiger partial charge in [0.25, 0.3) is 0 Å². The topological polar surface area (TPSA) is 4.93 Å². The van der Waals surface area contributed by atoms with Crippen LogP contribution >= 0.6 is 0 Å². The summed E-state index contributed by atoms with van der Waals surface area (Å²) >= 11 is 0. The summed E-state index contributed by atoms with van der Waals surface area (Å²) in [6.07, 6.45) is 4.02. The zero-order chi connectivity index (χ0) is 9.42. The van der Waals surface area contributed by atoms with Gasteiger partial charge in [0.15, 0.2) is 0 Å². The molecule has 0 aromatic carbocycles. The van der Waals surface area contributed by atoms with E-state index in [4.69, 9.17) is 0 Å². The first kappa shape index (κ1) is 8.86. The zero-order valence-corrected chi connectivity index (χ0v) is 8.93. The molecule has 13 heavy (non-hydrogen) atoms.